The van der Waals surface area contributed by atoms with Gasteiger partial charge in [0.1, 0.15) is 0 Å². The SMILES string of the molecule is [B]C([B])(C)C(C)C(=C)C#C. The number of hydrogen-bond donors (Lipinski definition) is 0. The van der Waals surface area contributed by atoms with Crippen molar-refractivity contribution in [2.45, 2.75) is 19.1 Å². The van der Waals surface area contributed by atoms with E-state index in [9.17, 15) is 0 Å². The molecule has 0 aliphatic carbocycles. The highest BCUT2D eigenvalue weighted by molar-refractivity contribution is 6.39. The first-order chi connectivity index (χ1) is 4.39. The van der Waals surface area contributed by atoms with Crippen molar-refractivity contribution in [1.29, 1.82) is 0 Å². The smallest absolute Gasteiger partial charge is 0.0625 e. The quantitative estimate of drug-likeness (QED) is 0.388. The zero-order valence-corrected chi connectivity index (χ0v) is 6.52. The van der Waals surface area contributed by atoms with Gasteiger partial charge in [0, 0.05) is 0 Å². The third-order valence-corrected chi connectivity index (χ3v) is 1.64. The Balaban J connectivity index is 4.26. The lowest BCUT2D eigenvalue weighted by Gasteiger charge is -2.27. The molecule has 2 heteroatoms. The van der Waals surface area contributed by atoms with Gasteiger partial charge in [0.25, 0.3) is 0 Å². The summed E-state index contributed by atoms with van der Waals surface area (Å²) in [5.41, 5.74) is 0.646. The minimum Gasteiger partial charge on any atom is -0.115 e. The van der Waals surface area contributed by atoms with Gasteiger partial charge in [0.15, 0.2) is 0 Å². The summed E-state index contributed by atoms with van der Waals surface area (Å²) in [6.07, 6.45) is 5.11. The molecule has 0 rings (SSSR count). The largest absolute Gasteiger partial charge is 0.115 e. The van der Waals surface area contributed by atoms with Gasteiger partial charge in [-0.15, -0.1) is 6.42 Å². The summed E-state index contributed by atoms with van der Waals surface area (Å²) in [4.78, 5) is 0. The maximum atomic E-state index is 5.58. The second kappa shape index (κ2) is 3.01. The van der Waals surface area contributed by atoms with Crippen molar-refractivity contribution < 1.29 is 0 Å². The lowest BCUT2D eigenvalue weighted by molar-refractivity contribution is 0.620. The molecule has 0 saturated heterocycles. The van der Waals surface area contributed by atoms with Crippen LogP contribution < -0.4 is 0 Å². The second-order valence-corrected chi connectivity index (χ2v) is 2.76. The third kappa shape index (κ3) is 2.35. The van der Waals surface area contributed by atoms with Crippen LogP contribution in [0.1, 0.15) is 13.8 Å². The van der Waals surface area contributed by atoms with Crippen LogP contribution >= 0.6 is 0 Å². The molecule has 0 aliphatic rings. The molecule has 48 valence electrons. The van der Waals surface area contributed by atoms with Crippen LogP contribution in [0.2, 0.25) is 5.21 Å². The van der Waals surface area contributed by atoms with Crippen molar-refractivity contribution in [2.24, 2.45) is 5.92 Å². The van der Waals surface area contributed by atoms with Gasteiger partial charge in [-0.25, -0.2) is 0 Å². The number of rotatable bonds is 2. The zero-order chi connectivity index (χ0) is 8.36. The van der Waals surface area contributed by atoms with E-state index in [1.165, 1.54) is 0 Å². The van der Waals surface area contributed by atoms with E-state index in [0.29, 0.717) is 5.57 Å². The minimum absolute atomic E-state index is 0.0440. The standard InChI is InChI=1S/C8H10B2/c1-5-6(2)7(3)8(4,9)10/h1,7H,2H2,3-4H3. The highest BCUT2D eigenvalue weighted by atomic mass is 14.1. The van der Waals surface area contributed by atoms with Gasteiger partial charge < -0.3 is 0 Å². The summed E-state index contributed by atoms with van der Waals surface area (Å²) in [5.74, 6) is 2.37. The van der Waals surface area contributed by atoms with Crippen LogP contribution in [0, 0.1) is 18.3 Å². The fraction of sp³-hybridized carbons (Fsp3) is 0.500. The molecule has 0 fully saturated rings. The van der Waals surface area contributed by atoms with Crippen molar-refractivity contribution in [1.82, 2.24) is 0 Å². The molecule has 0 nitrogen and oxygen atoms in total. The zero-order valence-electron chi connectivity index (χ0n) is 6.52. The van der Waals surface area contributed by atoms with Gasteiger partial charge in [-0.2, -0.15) is 0 Å². The molecule has 0 aromatic carbocycles. The molecule has 1 unspecified atom stereocenters. The van der Waals surface area contributed by atoms with Gasteiger partial charge >= 0.3 is 0 Å². The predicted molar refractivity (Wildman–Crippen MR) is 47.0 cm³/mol. The molecule has 0 heterocycles. The molecule has 4 radical (unpaired) electrons. The maximum Gasteiger partial charge on any atom is 0.0625 e. The van der Waals surface area contributed by atoms with E-state index >= 15 is 0 Å². The number of hydrogen-bond acceptors (Lipinski definition) is 0. The van der Waals surface area contributed by atoms with E-state index in [0.717, 1.165) is 0 Å². The molecule has 0 aliphatic heterocycles. The minimum atomic E-state index is -0.760. The van der Waals surface area contributed by atoms with Crippen LogP contribution in [0.5, 0.6) is 0 Å². The summed E-state index contributed by atoms with van der Waals surface area (Å²) in [5, 5.41) is -0.760. The van der Waals surface area contributed by atoms with E-state index in [1.807, 2.05) is 6.92 Å². The molecule has 0 saturated carbocycles. The second-order valence-electron chi connectivity index (χ2n) is 2.76. The number of allylic oxidation sites excluding steroid dienone is 1. The van der Waals surface area contributed by atoms with Crippen LogP contribution in [-0.2, 0) is 0 Å². The molecule has 0 aromatic heterocycles. The molecule has 0 N–H and O–H groups in total. The Labute approximate surface area is 65.9 Å². The summed E-state index contributed by atoms with van der Waals surface area (Å²) >= 11 is 0. The molecular formula is C8H10B2. The van der Waals surface area contributed by atoms with E-state index in [-0.39, 0.29) is 5.92 Å². The van der Waals surface area contributed by atoms with Crippen molar-refractivity contribution in [3.05, 3.63) is 12.2 Å². The van der Waals surface area contributed by atoms with E-state index < -0.39 is 5.21 Å². The Bertz CT molecular complexity index is 169. The molecule has 0 bridgehead atoms. The van der Waals surface area contributed by atoms with Crippen LogP contribution in [-0.4, -0.2) is 15.7 Å². The van der Waals surface area contributed by atoms with Crippen molar-refractivity contribution >= 4 is 15.7 Å². The molecule has 0 amide bonds. The molecule has 10 heavy (non-hydrogen) atoms. The van der Waals surface area contributed by atoms with Crippen LogP contribution in [0.15, 0.2) is 12.2 Å². The highest BCUT2D eigenvalue weighted by Gasteiger charge is 2.20. The van der Waals surface area contributed by atoms with Crippen LogP contribution in [0.25, 0.3) is 0 Å². The van der Waals surface area contributed by atoms with Gasteiger partial charge in [-0.3, -0.25) is 0 Å². The van der Waals surface area contributed by atoms with Crippen molar-refractivity contribution in [3.63, 3.8) is 0 Å². The Morgan fingerprint density at radius 1 is 1.70 bits per heavy atom. The number of terminal acetylenes is 1. The monoisotopic (exact) mass is 128 g/mol. The summed E-state index contributed by atoms with van der Waals surface area (Å²) < 4.78 is 0. The first-order valence-corrected chi connectivity index (χ1v) is 3.12. The fourth-order valence-corrected chi connectivity index (χ4v) is 0.500. The lowest BCUT2D eigenvalue weighted by atomic mass is 9.49. The van der Waals surface area contributed by atoms with Crippen molar-refractivity contribution in [2.75, 3.05) is 0 Å². The van der Waals surface area contributed by atoms with Crippen molar-refractivity contribution in [3.8, 4) is 12.3 Å². The van der Waals surface area contributed by atoms with Crippen LogP contribution in [0.3, 0.4) is 0 Å². The highest BCUT2D eigenvalue weighted by Crippen LogP contribution is 2.30. The lowest BCUT2D eigenvalue weighted by Crippen LogP contribution is -2.19. The topological polar surface area (TPSA) is 0 Å². The normalized spacial score (nSPS) is 13.7. The van der Waals surface area contributed by atoms with Gasteiger partial charge in [-0.1, -0.05) is 31.6 Å². The van der Waals surface area contributed by atoms with E-state index in [1.54, 1.807) is 6.92 Å². The van der Waals surface area contributed by atoms with Gasteiger partial charge in [-0.05, 0) is 11.5 Å². The average Bonchev–Trinajstić information content (AvgIpc) is 1.83. The molecule has 0 spiro atoms. The Hall–Kier alpha value is -0.570. The summed E-state index contributed by atoms with van der Waals surface area (Å²) in [6, 6.07) is 0. The Kier molecular flexibility index (Phi) is 2.84. The predicted octanol–water partition coefficient (Wildman–Crippen LogP) is 1.28. The molecule has 1 atom stereocenters. The summed E-state index contributed by atoms with van der Waals surface area (Å²) in [7, 11) is 11.2. The molecular weight excluding hydrogens is 118 g/mol. The fourth-order valence-electron chi connectivity index (χ4n) is 0.500. The Morgan fingerprint density at radius 2 is 2.10 bits per heavy atom. The van der Waals surface area contributed by atoms with Gasteiger partial charge in [0.2, 0.25) is 0 Å². The Morgan fingerprint density at radius 3 is 2.20 bits per heavy atom. The summed E-state index contributed by atoms with van der Waals surface area (Å²) in [6.45, 7) is 7.23. The van der Waals surface area contributed by atoms with E-state index in [2.05, 4.69) is 12.5 Å². The molecule has 0 aromatic rings. The van der Waals surface area contributed by atoms with Crippen LogP contribution in [0.4, 0.5) is 0 Å². The average molecular weight is 128 g/mol. The first-order valence-electron chi connectivity index (χ1n) is 3.12. The van der Waals surface area contributed by atoms with Gasteiger partial charge in [0.05, 0.1) is 15.7 Å². The maximum absolute atomic E-state index is 5.58. The van der Waals surface area contributed by atoms with E-state index in [4.69, 9.17) is 22.1 Å². The third-order valence-electron chi connectivity index (χ3n) is 1.64. The first kappa shape index (κ1) is 9.43.